The highest BCUT2D eigenvalue weighted by molar-refractivity contribution is 14.1. The molecule has 0 spiro atoms. The number of non-ortho nitro benzene ring substituents is 1. The Morgan fingerprint density at radius 1 is 1.06 bits per heavy atom. The summed E-state index contributed by atoms with van der Waals surface area (Å²) in [5.41, 5.74) is 3.76. The van der Waals surface area contributed by atoms with E-state index in [9.17, 15) is 25.0 Å². The van der Waals surface area contributed by atoms with Crippen molar-refractivity contribution in [3.63, 3.8) is 0 Å². The molecule has 0 aliphatic heterocycles. The summed E-state index contributed by atoms with van der Waals surface area (Å²) in [5, 5.41) is 26.1. The quantitative estimate of drug-likeness (QED) is 0.144. The van der Waals surface area contributed by atoms with Gasteiger partial charge in [0, 0.05) is 23.8 Å². The number of hydrazone groups is 1. The van der Waals surface area contributed by atoms with Gasteiger partial charge < -0.3 is 9.47 Å². The Labute approximate surface area is 219 Å². The third kappa shape index (κ3) is 7.21. The van der Waals surface area contributed by atoms with E-state index in [1.165, 1.54) is 36.5 Å². The summed E-state index contributed by atoms with van der Waals surface area (Å²) in [5.74, 6) is 0.418. The summed E-state index contributed by atoms with van der Waals surface area (Å²) in [6.07, 6.45) is 1.23. The Bertz CT molecular complexity index is 1310. The van der Waals surface area contributed by atoms with Crippen molar-refractivity contribution in [2.45, 2.75) is 20.0 Å². The molecule has 0 bridgehead atoms. The molecule has 0 fully saturated rings. The first-order valence-electron chi connectivity index (χ1n) is 10.6. The van der Waals surface area contributed by atoms with Crippen LogP contribution in [0.4, 0.5) is 11.4 Å². The average molecular weight is 604 g/mol. The Morgan fingerprint density at radius 2 is 1.83 bits per heavy atom. The molecule has 0 unspecified atom stereocenters. The number of halogens is 1. The molecule has 0 radical (unpaired) electrons. The maximum absolute atomic E-state index is 12.2. The highest BCUT2D eigenvalue weighted by Crippen LogP contribution is 2.34. The number of nitrogens with zero attached hydrogens (tertiary/aromatic N) is 3. The van der Waals surface area contributed by atoms with Gasteiger partial charge >= 0.3 is 0 Å². The second-order valence-electron chi connectivity index (χ2n) is 7.33. The number of amides is 1. The average Bonchev–Trinajstić information content (AvgIpc) is 2.84. The van der Waals surface area contributed by atoms with Gasteiger partial charge in [-0.25, -0.2) is 5.43 Å². The van der Waals surface area contributed by atoms with E-state index in [1.807, 2.05) is 6.92 Å². The van der Waals surface area contributed by atoms with Gasteiger partial charge in [-0.1, -0.05) is 30.3 Å². The predicted molar refractivity (Wildman–Crippen MR) is 140 cm³/mol. The second-order valence-corrected chi connectivity index (χ2v) is 8.50. The van der Waals surface area contributed by atoms with Crippen molar-refractivity contribution in [3.05, 3.63) is 101 Å². The number of nitro groups is 2. The van der Waals surface area contributed by atoms with Crippen LogP contribution in [0.2, 0.25) is 0 Å². The highest BCUT2D eigenvalue weighted by Gasteiger charge is 2.16. The zero-order chi connectivity index (χ0) is 26.1. The minimum Gasteiger partial charge on any atom is -0.490 e. The van der Waals surface area contributed by atoms with Crippen molar-refractivity contribution >= 4 is 46.1 Å². The Kier molecular flexibility index (Phi) is 9.27. The Morgan fingerprint density at radius 3 is 2.56 bits per heavy atom. The van der Waals surface area contributed by atoms with E-state index in [-0.39, 0.29) is 30.0 Å². The first-order chi connectivity index (χ1) is 17.3. The van der Waals surface area contributed by atoms with Crippen LogP contribution in [0.5, 0.6) is 11.5 Å². The minimum atomic E-state index is -0.536. The summed E-state index contributed by atoms with van der Waals surface area (Å²) in [6.45, 7) is 2.30. The summed E-state index contributed by atoms with van der Waals surface area (Å²) < 4.78 is 12.3. The second kappa shape index (κ2) is 12.6. The normalized spacial score (nSPS) is 10.7. The van der Waals surface area contributed by atoms with Crippen LogP contribution in [0.1, 0.15) is 23.6 Å². The summed E-state index contributed by atoms with van der Waals surface area (Å²) in [6, 6.07) is 15.6. The fourth-order valence-corrected chi connectivity index (χ4v) is 3.99. The molecule has 0 saturated heterocycles. The molecule has 11 nitrogen and oxygen atoms in total. The topological polar surface area (TPSA) is 146 Å². The first kappa shape index (κ1) is 26.5. The van der Waals surface area contributed by atoms with Crippen LogP contribution in [0.25, 0.3) is 0 Å². The lowest BCUT2D eigenvalue weighted by atomic mass is 10.1. The fraction of sp³-hybridized carbons (Fsp3) is 0.167. The maximum atomic E-state index is 12.2. The molecule has 0 heterocycles. The van der Waals surface area contributed by atoms with Crippen molar-refractivity contribution in [2.24, 2.45) is 5.10 Å². The monoisotopic (exact) mass is 604 g/mol. The van der Waals surface area contributed by atoms with Gasteiger partial charge in [-0.2, -0.15) is 5.10 Å². The Balaban J connectivity index is 1.69. The minimum absolute atomic E-state index is 0.0219. The molecule has 3 aromatic rings. The Hall–Kier alpha value is -4.07. The number of nitrogens with one attached hydrogen (secondary N) is 1. The first-order valence-corrected chi connectivity index (χ1v) is 11.7. The SMILES string of the molecule is CCOc1cc(/C=N/NC(=O)Cc2ccccc2[N+](=O)[O-])cc(I)c1OCc1cccc([N+](=O)[O-])c1. The number of para-hydroxylation sites is 1. The molecule has 0 atom stereocenters. The van der Waals surface area contributed by atoms with Crippen LogP contribution < -0.4 is 14.9 Å². The van der Waals surface area contributed by atoms with Crippen LogP contribution in [-0.2, 0) is 17.8 Å². The highest BCUT2D eigenvalue weighted by atomic mass is 127. The van der Waals surface area contributed by atoms with Crippen LogP contribution in [0.3, 0.4) is 0 Å². The third-order valence-electron chi connectivity index (χ3n) is 4.78. The van der Waals surface area contributed by atoms with Crippen molar-refractivity contribution in [1.29, 1.82) is 0 Å². The number of hydrogen-bond acceptors (Lipinski definition) is 8. The van der Waals surface area contributed by atoms with Crippen molar-refractivity contribution in [1.82, 2.24) is 5.43 Å². The standard InChI is InChI=1S/C24H21IN4O7/c1-2-35-22-12-17(14-26-27-23(30)13-18-7-3-4-9-21(18)29(33)34)11-20(25)24(22)36-15-16-6-5-8-19(10-16)28(31)32/h3-12,14H,2,13,15H2,1H3,(H,27,30)/b26-14+. The van der Waals surface area contributed by atoms with Gasteiger partial charge in [-0.05, 0) is 52.8 Å². The van der Waals surface area contributed by atoms with E-state index in [1.54, 1.807) is 30.3 Å². The van der Waals surface area contributed by atoms with E-state index in [4.69, 9.17) is 9.47 Å². The number of rotatable bonds is 11. The molecule has 0 aromatic heterocycles. The molecular weight excluding hydrogens is 583 g/mol. The predicted octanol–water partition coefficient (Wildman–Crippen LogP) is 4.78. The number of nitro benzene ring substituents is 2. The molecule has 3 aromatic carbocycles. The van der Waals surface area contributed by atoms with E-state index in [0.717, 1.165) is 0 Å². The van der Waals surface area contributed by atoms with Gasteiger partial charge in [0.2, 0.25) is 5.91 Å². The number of carbonyl (C=O) groups is 1. The summed E-state index contributed by atoms with van der Waals surface area (Å²) in [7, 11) is 0. The molecule has 1 N–H and O–H groups in total. The van der Waals surface area contributed by atoms with Gasteiger partial charge in [-0.15, -0.1) is 0 Å². The lowest BCUT2D eigenvalue weighted by molar-refractivity contribution is -0.385. The van der Waals surface area contributed by atoms with Gasteiger partial charge in [-0.3, -0.25) is 25.0 Å². The van der Waals surface area contributed by atoms with Gasteiger partial charge in [0.25, 0.3) is 11.4 Å². The van der Waals surface area contributed by atoms with Crippen LogP contribution in [-0.4, -0.2) is 28.6 Å². The molecule has 0 saturated carbocycles. The van der Waals surface area contributed by atoms with Gasteiger partial charge in [0.15, 0.2) is 11.5 Å². The maximum Gasteiger partial charge on any atom is 0.273 e. The molecule has 186 valence electrons. The zero-order valence-electron chi connectivity index (χ0n) is 19.0. The van der Waals surface area contributed by atoms with Gasteiger partial charge in [0.05, 0.1) is 32.7 Å². The zero-order valence-corrected chi connectivity index (χ0v) is 21.2. The summed E-state index contributed by atoms with van der Waals surface area (Å²) >= 11 is 2.08. The molecule has 3 rings (SSSR count). The molecule has 1 amide bonds. The van der Waals surface area contributed by atoms with Crippen LogP contribution in [0.15, 0.2) is 65.8 Å². The number of ether oxygens (including phenoxy) is 2. The van der Waals surface area contributed by atoms with Crippen molar-refractivity contribution < 1.29 is 24.1 Å². The lowest BCUT2D eigenvalue weighted by Crippen LogP contribution is -2.20. The van der Waals surface area contributed by atoms with E-state index in [2.05, 4.69) is 33.1 Å². The molecule has 0 aliphatic carbocycles. The lowest BCUT2D eigenvalue weighted by Gasteiger charge is -2.14. The number of hydrogen-bond donors (Lipinski definition) is 1. The molecule has 0 aliphatic rings. The number of benzene rings is 3. The largest absolute Gasteiger partial charge is 0.490 e. The van der Waals surface area contributed by atoms with Crippen LogP contribution in [0, 0.1) is 23.8 Å². The van der Waals surface area contributed by atoms with Crippen molar-refractivity contribution in [3.8, 4) is 11.5 Å². The van der Waals surface area contributed by atoms with Crippen molar-refractivity contribution in [2.75, 3.05) is 6.61 Å². The number of carbonyl (C=O) groups excluding carboxylic acids is 1. The molecule has 36 heavy (non-hydrogen) atoms. The van der Waals surface area contributed by atoms with Crippen LogP contribution >= 0.6 is 22.6 Å². The van der Waals surface area contributed by atoms with E-state index < -0.39 is 15.8 Å². The smallest absolute Gasteiger partial charge is 0.273 e. The summed E-state index contributed by atoms with van der Waals surface area (Å²) in [4.78, 5) is 33.3. The fourth-order valence-electron chi connectivity index (χ4n) is 3.21. The third-order valence-corrected chi connectivity index (χ3v) is 5.58. The van der Waals surface area contributed by atoms with Gasteiger partial charge in [0.1, 0.15) is 6.61 Å². The van der Waals surface area contributed by atoms with E-state index >= 15 is 0 Å². The molecule has 12 heteroatoms. The van der Waals surface area contributed by atoms with E-state index in [0.29, 0.717) is 32.8 Å². The molecular formula is C24H21IN4O7.